The average molecular weight is 312 g/mol. The number of hydrogen-bond donors (Lipinski definition) is 1. The van der Waals surface area contributed by atoms with Gasteiger partial charge in [-0.2, -0.15) is 0 Å². The van der Waals surface area contributed by atoms with Crippen LogP contribution < -0.4 is 10.1 Å². The van der Waals surface area contributed by atoms with Crippen molar-refractivity contribution in [2.45, 2.75) is 53.5 Å². The van der Waals surface area contributed by atoms with Crippen molar-refractivity contribution in [3.63, 3.8) is 0 Å². The summed E-state index contributed by atoms with van der Waals surface area (Å²) in [7, 11) is 1.72. The second-order valence-corrected chi connectivity index (χ2v) is 7.54. The Balaban J connectivity index is 2.93. The van der Waals surface area contributed by atoms with E-state index < -0.39 is 0 Å². The summed E-state index contributed by atoms with van der Waals surface area (Å²) < 4.78 is 5.51. The van der Waals surface area contributed by atoms with Gasteiger partial charge in [0, 0.05) is 16.6 Å². The zero-order valence-corrected chi connectivity index (χ0v) is 15.1. The zero-order chi connectivity index (χ0) is 16.0. The lowest BCUT2D eigenvalue weighted by Gasteiger charge is -2.28. The molecule has 0 radical (unpaired) electrons. The van der Waals surface area contributed by atoms with E-state index in [1.165, 1.54) is 6.42 Å². The predicted octanol–water partition coefficient (Wildman–Crippen LogP) is 5.46. The Labute approximate surface area is 135 Å². The lowest BCUT2D eigenvalue weighted by Crippen LogP contribution is -2.24. The highest BCUT2D eigenvalue weighted by atomic mass is 35.5. The molecule has 0 heterocycles. The second kappa shape index (κ2) is 8.05. The number of hydrogen-bond acceptors (Lipinski definition) is 2. The van der Waals surface area contributed by atoms with Crippen molar-refractivity contribution in [1.29, 1.82) is 0 Å². The molecule has 2 unspecified atom stereocenters. The lowest BCUT2D eigenvalue weighted by atomic mass is 9.82. The van der Waals surface area contributed by atoms with Crippen molar-refractivity contribution >= 4 is 11.6 Å². The summed E-state index contributed by atoms with van der Waals surface area (Å²) in [5, 5.41) is 4.34. The van der Waals surface area contributed by atoms with Gasteiger partial charge in [-0.15, -0.1) is 0 Å². The minimum Gasteiger partial charge on any atom is -0.496 e. The van der Waals surface area contributed by atoms with Crippen molar-refractivity contribution in [1.82, 2.24) is 5.32 Å². The van der Waals surface area contributed by atoms with Crippen LogP contribution in [-0.2, 0) is 0 Å². The van der Waals surface area contributed by atoms with Gasteiger partial charge >= 0.3 is 0 Å². The Kier molecular flexibility index (Phi) is 7.02. The van der Waals surface area contributed by atoms with Gasteiger partial charge in [-0.05, 0) is 48.9 Å². The molecular weight excluding hydrogens is 282 g/mol. The first-order valence-corrected chi connectivity index (χ1v) is 8.21. The molecule has 0 aliphatic carbocycles. The average Bonchev–Trinajstić information content (AvgIpc) is 2.36. The summed E-state index contributed by atoms with van der Waals surface area (Å²) in [6.45, 7) is 12.3. The molecule has 0 aromatic heterocycles. The molecule has 2 nitrogen and oxygen atoms in total. The van der Waals surface area contributed by atoms with Gasteiger partial charge < -0.3 is 10.1 Å². The van der Waals surface area contributed by atoms with E-state index in [-0.39, 0.29) is 6.04 Å². The topological polar surface area (TPSA) is 21.3 Å². The molecule has 0 saturated carbocycles. The fourth-order valence-electron chi connectivity index (χ4n) is 3.08. The van der Waals surface area contributed by atoms with Crippen LogP contribution in [0.2, 0.25) is 5.02 Å². The fourth-order valence-corrected chi connectivity index (χ4v) is 3.26. The molecule has 21 heavy (non-hydrogen) atoms. The van der Waals surface area contributed by atoms with Gasteiger partial charge in [0.15, 0.2) is 0 Å². The quantitative estimate of drug-likeness (QED) is 0.721. The van der Waals surface area contributed by atoms with Crippen molar-refractivity contribution in [3.05, 3.63) is 28.8 Å². The Morgan fingerprint density at radius 2 is 1.95 bits per heavy atom. The molecule has 2 atom stereocenters. The third-order valence-corrected chi connectivity index (χ3v) is 3.85. The Morgan fingerprint density at radius 3 is 2.48 bits per heavy atom. The van der Waals surface area contributed by atoms with E-state index in [9.17, 15) is 0 Å². The van der Waals surface area contributed by atoms with Crippen molar-refractivity contribution in [3.8, 4) is 5.75 Å². The highest BCUT2D eigenvalue weighted by molar-refractivity contribution is 6.30. The fraction of sp³-hybridized carbons (Fsp3) is 0.667. The normalized spacial score (nSPS) is 14.8. The maximum Gasteiger partial charge on any atom is 0.123 e. The smallest absolute Gasteiger partial charge is 0.123 e. The lowest BCUT2D eigenvalue weighted by molar-refractivity contribution is 0.274. The monoisotopic (exact) mass is 311 g/mol. The van der Waals surface area contributed by atoms with Crippen LogP contribution in [0.1, 0.15) is 59.1 Å². The second-order valence-electron chi connectivity index (χ2n) is 7.10. The Hall–Kier alpha value is -0.730. The maximum atomic E-state index is 6.18. The summed E-state index contributed by atoms with van der Waals surface area (Å²) in [4.78, 5) is 0. The van der Waals surface area contributed by atoms with Gasteiger partial charge in [0.05, 0.1) is 7.11 Å². The van der Waals surface area contributed by atoms with Gasteiger partial charge in [0.2, 0.25) is 0 Å². The highest BCUT2D eigenvalue weighted by Gasteiger charge is 2.22. The number of ether oxygens (including phenoxy) is 1. The molecule has 1 aromatic rings. The maximum absolute atomic E-state index is 6.18. The number of rotatable bonds is 7. The van der Waals surface area contributed by atoms with Crippen molar-refractivity contribution < 1.29 is 4.74 Å². The molecule has 0 aliphatic heterocycles. The summed E-state index contributed by atoms with van der Waals surface area (Å²) in [6, 6.07) is 6.14. The van der Waals surface area contributed by atoms with E-state index in [4.69, 9.17) is 16.3 Å². The molecular formula is C18H30ClNO. The molecule has 0 spiro atoms. The summed E-state index contributed by atoms with van der Waals surface area (Å²) in [5.74, 6) is 1.55. The van der Waals surface area contributed by atoms with Crippen LogP contribution in [0.15, 0.2) is 18.2 Å². The van der Waals surface area contributed by atoms with Gasteiger partial charge in [-0.25, -0.2) is 0 Å². The molecule has 1 rings (SSSR count). The Bertz CT molecular complexity index is 439. The molecule has 3 heteroatoms. The van der Waals surface area contributed by atoms with Crippen LogP contribution in [0.5, 0.6) is 5.75 Å². The molecule has 0 bridgehead atoms. The largest absolute Gasteiger partial charge is 0.496 e. The predicted molar refractivity (Wildman–Crippen MR) is 92.3 cm³/mol. The first kappa shape index (κ1) is 18.3. The van der Waals surface area contributed by atoms with Crippen LogP contribution in [0.4, 0.5) is 0 Å². The van der Waals surface area contributed by atoms with E-state index in [1.54, 1.807) is 7.11 Å². The van der Waals surface area contributed by atoms with Gasteiger partial charge in [-0.3, -0.25) is 0 Å². The molecule has 1 aromatic carbocycles. The number of benzene rings is 1. The number of methoxy groups -OCH3 is 1. The van der Waals surface area contributed by atoms with Crippen LogP contribution in [0.3, 0.4) is 0 Å². The molecule has 0 fully saturated rings. The number of nitrogens with one attached hydrogen (secondary N) is 1. The van der Waals surface area contributed by atoms with Gasteiger partial charge in [0.1, 0.15) is 5.75 Å². The van der Waals surface area contributed by atoms with E-state index >= 15 is 0 Å². The summed E-state index contributed by atoms with van der Waals surface area (Å²) >= 11 is 6.18. The van der Waals surface area contributed by atoms with Gasteiger partial charge in [0.25, 0.3) is 0 Å². The SMILES string of the molecule is CCNC(CC(C)CC(C)(C)C)c1cc(Cl)ccc1OC. The minimum atomic E-state index is 0.279. The summed E-state index contributed by atoms with van der Waals surface area (Å²) in [6.07, 6.45) is 2.29. The third-order valence-electron chi connectivity index (χ3n) is 3.62. The Morgan fingerprint density at radius 1 is 1.29 bits per heavy atom. The molecule has 0 saturated heterocycles. The molecule has 0 aliphatic rings. The van der Waals surface area contributed by atoms with Crippen LogP contribution in [0, 0.1) is 11.3 Å². The van der Waals surface area contributed by atoms with Crippen LogP contribution >= 0.6 is 11.6 Å². The summed E-state index contributed by atoms with van der Waals surface area (Å²) in [5.41, 5.74) is 1.52. The first-order chi connectivity index (χ1) is 9.76. The minimum absolute atomic E-state index is 0.279. The third kappa shape index (κ3) is 6.27. The van der Waals surface area contributed by atoms with E-state index in [2.05, 4.69) is 39.9 Å². The van der Waals surface area contributed by atoms with E-state index in [0.717, 1.165) is 29.3 Å². The zero-order valence-electron chi connectivity index (χ0n) is 14.3. The van der Waals surface area contributed by atoms with Gasteiger partial charge in [-0.1, -0.05) is 46.2 Å². The van der Waals surface area contributed by atoms with Crippen molar-refractivity contribution in [2.75, 3.05) is 13.7 Å². The van der Waals surface area contributed by atoms with Crippen LogP contribution in [-0.4, -0.2) is 13.7 Å². The first-order valence-electron chi connectivity index (χ1n) is 7.83. The molecule has 1 N–H and O–H groups in total. The van der Waals surface area contributed by atoms with E-state index in [0.29, 0.717) is 11.3 Å². The highest BCUT2D eigenvalue weighted by Crippen LogP contribution is 2.35. The molecule has 0 amide bonds. The standard InChI is InChI=1S/C18H30ClNO/c1-7-20-16(10-13(2)12-18(3,4)5)15-11-14(19)8-9-17(15)21-6/h8-9,11,13,16,20H,7,10,12H2,1-6H3. The van der Waals surface area contributed by atoms with Crippen molar-refractivity contribution in [2.24, 2.45) is 11.3 Å². The van der Waals surface area contributed by atoms with E-state index in [1.807, 2.05) is 18.2 Å². The number of halogens is 1. The molecule has 120 valence electrons. The van der Waals surface area contributed by atoms with Crippen LogP contribution in [0.25, 0.3) is 0 Å².